The van der Waals surface area contributed by atoms with Crippen LogP contribution >= 0.6 is 0 Å². The summed E-state index contributed by atoms with van der Waals surface area (Å²) in [7, 11) is -3.56. The molecule has 0 N–H and O–H groups in total. The number of hydrogen-bond acceptors (Lipinski definition) is 2. The summed E-state index contributed by atoms with van der Waals surface area (Å²) in [6, 6.07) is 20.7. The fourth-order valence-corrected chi connectivity index (χ4v) is 6.17. The third-order valence-electron chi connectivity index (χ3n) is 6.03. The minimum Gasteiger partial charge on any atom is -0.218 e. The van der Waals surface area contributed by atoms with Crippen LogP contribution in [0.25, 0.3) is 10.8 Å². The minimum atomic E-state index is -3.56. The lowest BCUT2D eigenvalue weighted by molar-refractivity contribution is 0.564. The summed E-state index contributed by atoms with van der Waals surface area (Å²) in [5.74, 6) is 0.660. The second kappa shape index (κ2) is 5.55. The zero-order valence-electron chi connectivity index (χ0n) is 14.4. The molecule has 3 aromatic rings. The molecule has 3 aromatic carbocycles. The van der Waals surface area contributed by atoms with Gasteiger partial charge in [-0.25, -0.2) is 8.42 Å². The standard InChI is InChI=1S/C23H20O2S/c24-26(25,22-10-3-6-18-5-1-2-9-21(18)22)20-8-4-7-19(15-20)23-13-11-17(16-23)12-14-23/h1-11,13,15,17H,12,14,16H2. The molecule has 2 unspecified atom stereocenters. The maximum Gasteiger partial charge on any atom is 0.207 e. The van der Waals surface area contributed by atoms with Crippen molar-refractivity contribution in [1.82, 2.24) is 0 Å². The van der Waals surface area contributed by atoms with Crippen LogP contribution in [0.5, 0.6) is 0 Å². The first-order valence-electron chi connectivity index (χ1n) is 9.11. The van der Waals surface area contributed by atoms with Gasteiger partial charge in [0.2, 0.25) is 9.84 Å². The van der Waals surface area contributed by atoms with Crippen LogP contribution in [0, 0.1) is 5.92 Å². The van der Waals surface area contributed by atoms with Gasteiger partial charge in [0.05, 0.1) is 9.79 Å². The van der Waals surface area contributed by atoms with Crippen molar-refractivity contribution in [2.75, 3.05) is 0 Å². The van der Waals surface area contributed by atoms with Crippen molar-refractivity contribution >= 4 is 20.6 Å². The van der Waals surface area contributed by atoms with Gasteiger partial charge in [-0.05, 0) is 54.3 Å². The average Bonchev–Trinajstić information content (AvgIpc) is 3.30. The van der Waals surface area contributed by atoms with E-state index in [0.717, 1.165) is 29.2 Å². The SMILES string of the molecule is O=S(=O)(c1cccc(C23C=CC(CC2)C3)c1)c1cccc2ccccc12. The van der Waals surface area contributed by atoms with E-state index in [4.69, 9.17) is 0 Å². The molecule has 2 bridgehead atoms. The topological polar surface area (TPSA) is 34.1 Å². The van der Waals surface area contributed by atoms with Crippen LogP contribution in [0.2, 0.25) is 0 Å². The number of benzene rings is 3. The molecule has 0 radical (unpaired) electrons. The van der Waals surface area contributed by atoms with Gasteiger partial charge in [0, 0.05) is 10.8 Å². The molecule has 0 amide bonds. The fourth-order valence-electron chi connectivity index (χ4n) is 4.64. The third-order valence-corrected chi connectivity index (χ3v) is 7.84. The number of rotatable bonds is 3. The molecule has 1 saturated carbocycles. The van der Waals surface area contributed by atoms with Crippen molar-refractivity contribution < 1.29 is 8.42 Å². The van der Waals surface area contributed by atoms with Crippen LogP contribution in [0.15, 0.2) is 88.7 Å². The van der Waals surface area contributed by atoms with Crippen molar-refractivity contribution in [3.63, 3.8) is 0 Å². The lowest BCUT2D eigenvalue weighted by Gasteiger charge is -2.24. The second-order valence-corrected chi connectivity index (χ2v) is 9.44. The molecule has 0 aliphatic heterocycles. The average molecular weight is 360 g/mol. The first-order valence-corrected chi connectivity index (χ1v) is 10.6. The number of hydrogen-bond donors (Lipinski definition) is 0. The van der Waals surface area contributed by atoms with Gasteiger partial charge in [-0.2, -0.15) is 0 Å². The zero-order valence-corrected chi connectivity index (χ0v) is 15.2. The van der Waals surface area contributed by atoms with Gasteiger partial charge < -0.3 is 0 Å². The van der Waals surface area contributed by atoms with E-state index in [1.165, 1.54) is 6.42 Å². The van der Waals surface area contributed by atoms with Crippen molar-refractivity contribution in [2.24, 2.45) is 5.92 Å². The highest BCUT2D eigenvalue weighted by Gasteiger charge is 2.42. The molecule has 26 heavy (non-hydrogen) atoms. The maximum atomic E-state index is 13.4. The summed E-state index contributed by atoms with van der Waals surface area (Å²) < 4.78 is 26.8. The Morgan fingerprint density at radius 1 is 0.923 bits per heavy atom. The largest absolute Gasteiger partial charge is 0.218 e. The van der Waals surface area contributed by atoms with Crippen molar-refractivity contribution in [2.45, 2.75) is 34.5 Å². The van der Waals surface area contributed by atoms with Gasteiger partial charge in [0.1, 0.15) is 0 Å². The van der Waals surface area contributed by atoms with Crippen LogP contribution in [0.4, 0.5) is 0 Å². The summed E-state index contributed by atoms with van der Waals surface area (Å²) >= 11 is 0. The molecule has 0 aromatic heterocycles. The normalized spacial score (nSPS) is 24.4. The predicted octanol–water partition coefficient (Wildman–Crippen LogP) is 5.28. The Hall–Kier alpha value is -2.39. The molecule has 2 aliphatic carbocycles. The molecule has 1 fully saturated rings. The Labute approximate surface area is 154 Å². The van der Waals surface area contributed by atoms with Gasteiger partial charge in [-0.1, -0.05) is 60.7 Å². The van der Waals surface area contributed by atoms with E-state index in [1.807, 2.05) is 48.5 Å². The first kappa shape index (κ1) is 15.8. The Bertz CT molecular complexity index is 1140. The highest BCUT2D eigenvalue weighted by molar-refractivity contribution is 7.91. The van der Waals surface area contributed by atoms with Crippen molar-refractivity contribution in [3.8, 4) is 0 Å². The van der Waals surface area contributed by atoms with E-state index in [9.17, 15) is 8.42 Å². The van der Waals surface area contributed by atoms with Gasteiger partial charge in [0.25, 0.3) is 0 Å². The summed E-state index contributed by atoms with van der Waals surface area (Å²) in [4.78, 5) is 0.779. The number of fused-ring (bicyclic) bond motifs is 3. The van der Waals surface area contributed by atoms with Gasteiger partial charge in [-0.3, -0.25) is 0 Å². The molecule has 0 heterocycles. The summed E-state index contributed by atoms with van der Waals surface area (Å²) in [5.41, 5.74) is 1.17. The molecule has 3 heteroatoms. The lowest BCUT2D eigenvalue weighted by atomic mass is 9.80. The number of sulfone groups is 1. The predicted molar refractivity (Wildman–Crippen MR) is 104 cm³/mol. The van der Waals surface area contributed by atoms with Gasteiger partial charge >= 0.3 is 0 Å². The Kier molecular flexibility index (Phi) is 3.38. The number of allylic oxidation sites excluding steroid dienone is 2. The van der Waals surface area contributed by atoms with Crippen LogP contribution in [-0.2, 0) is 15.3 Å². The third kappa shape index (κ3) is 2.27. The molecule has 0 saturated heterocycles. The lowest BCUT2D eigenvalue weighted by Crippen LogP contribution is -2.18. The Morgan fingerprint density at radius 3 is 2.50 bits per heavy atom. The van der Waals surface area contributed by atoms with E-state index in [0.29, 0.717) is 15.7 Å². The van der Waals surface area contributed by atoms with Crippen molar-refractivity contribution in [1.29, 1.82) is 0 Å². The highest BCUT2D eigenvalue weighted by atomic mass is 32.2. The highest BCUT2D eigenvalue weighted by Crippen LogP contribution is 2.51. The quantitative estimate of drug-likeness (QED) is 0.596. The molecule has 130 valence electrons. The summed E-state index contributed by atoms with van der Waals surface area (Å²) in [6.45, 7) is 0. The van der Waals surface area contributed by atoms with Crippen molar-refractivity contribution in [3.05, 3.63) is 84.4 Å². The van der Waals surface area contributed by atoms with Crippen LogP contribution in [0.1, 0.15) is 24.8 Å². The van der Waals surface area contributed by atoms with Crippen LogP contribution in [-0.4, -0.2) is 8.42 Å². The summed E-state index contributed by atoms with van der Waals surface area (Å²) in [6.07, 6.45) is 8.04. The molecule has 5 rings (SSSR count). The summed E-state index contributed by atoms with van der Waals surface area (Å²) in [5, 5.41) is 1.72. The molecule has 2 nitrogen and oxygen atoms in total. The van der Waals surface area contributed by atoms with E-state index < -0.39 is 9.84 Å². The van der Waals surface area contributed by atoms with Gasteiger partial charge in [-0.15, -0.1) is 0 Å². The van der Waals surface area contributed by atoms with E-state index in [1.54, 1.807) is 12.1 Å². The molecular weight excluding hydrogens is 340 g/mol. The van der Waals surface area contributed by atoms with E-state index in [-0.39, 0.29) is 5.41 Å². The second-order valence-electron chi connectivity index (χ2n) is 7.53. The Morgan fingerprint density at radius 2 is 1.73 bits per heavy atom. The van der Waals surface area contributed by atoms with Crippen LogP contribution < -0.4 is 0 Å². The fraction of sp³-hybridized carbons (Fsp3) is 0.217. The monoisotopic (exact) mass is 360 g/mol. The smallest absolute Gasteiger partial charge is 0.207 e. The molecule has 2 aliphatic rings. The zero-order chi connectivity index (χ0) is 17.8. The molecular formula is C23H20O2S. The maximum absolute atomic E-state index is 13.4. The minimum absolute atomic E-state index is 0.0367. The van der Waals surface area contributed by atoms with E-state index >= 15 is 0 Å². The van der Waals surface area contributed by atoms with Gasteiger partial charge in [0.15, 0.2) is 0 Å². The molecule has 2 atom stereocenters. The first-order chi connectivity index (χ1) is 12.6. The van der Waals surface area contributed by atoms with E-state index in [2.05, 4.69) is 18.2 Å². The van der Waals surface area contributed by atoms with Crippen LogP contribution in [0.3, 0.4) is 0 Å². The Balaban J connectivity index is 1.65. The molecule has 0 spiro atoms.